The highest BCUT2D eigenvalue weighted by molar-refractivity contribution is 5.94. The van der Waals surface area contributed by atoms with Crippen LogP contribution < -0.4 is 10.6 Å². The fourth-order valence-electron chi connectivity index (χ4n) is 1.66. The van der Waals surface area contributed by atoms with Crippen LogP contribution in [0.25, 0.3) is 0 Å². The summed E-state index contributed by atoms with van der Waals surface area (Å²) in [5, 5.41) is 5.30. The number of hydrogen-bond donors (Lipinski definition) is 2. The third-order valence-corrected chi connectivity index (χ3v) is 2.54. The molecule has 1 unspecified atom stereocenters. The van der Waals surface area contributed by atoms with Crippen molar-refractivity contribution >= 4 is 11.8 Å². The molecule has 0 bridgehead atoms. The van der Waals surface area contributed by atoms with Gasteiger partial charge in [-0.25, -0.2) is 0 Å². The summed E-state index contributed by atoms with van der Waals surface area (Å²) in [5.74, 6) is 0.119. The maximum atomic E-state index is 11.4. The topological polar surface area (TPSA) is 58.2 Å². The summed E-state index contributed by atoms with van der Waals surface area (Å²) in [6.07, 6.45) is 1.82. The number of hydrogen-bond acceptors (Lipinski definition) is 2. The van der Waals surface area contributed by atoms with Gasteiger partial charge in [-0.15, -0.1) is 0 Å². The second-order valence-corrected chi connectivity index (χ2v) is 3.34. The van der Waals surface area contributed by atoms with Gasteiger partial charge < -0.3 is 10.6 Å². The molecule has 4 nitrogen and oxygen atoms in total. The van der Waals surface area contributed by atoms with Crippen LogP contribution in [0.3, 0.4) is 0 Å². The Bertz CT molecular complexity index is 212. The minimum absolute atomic E-state index is 0.0479. The van der Waals surface area contributed by atoms with Crippen LogP contribution in [-0.2, 0) is 9.59 Å². The third-order valence-electron chi connectivity index (χ3n) is 2.54. The molecule has 1 atom stereocenters. The Morgan fingerprint density at radius 1 is 1.38 bits per heavy atom. The molecular formula is C9H16N2O2. The normalized spacial score (nSPS) is 22.8. The van der Waals surface area contributed by atoms with Gasteiger partial charge in [-0.1, -0.05) is 26.7 Å². The zero-order valence-corrected chi connectivity index (χ0v) is 8.09. The molecule has 0 radical (unpaired) electrons. The molecule has 1 aliphatic rings. The van der Waals surface area contributed by atoms with Crippen molar-refractivity contribution in [1.82, 2.24) is 10.6 Å². The van der Waals surface area contributed by atoms with Crippen LogP contribution in [0.2, 0.25) is 0 Å². The summed E-state index contributed by atoms with van der Waals surface area (Å²) in [4.78, 5) is 22.4. The summed E-state index contributed by atoms with van der Waals surface area (Å²) in [6.45, 7) is 4.18. The summed E-state index contributed by atoms with van der Waals surface area (Å²) < 4.78 is 0. The van der Waals surface area contributed by atoms with Gasteiger partial charge in [-0.3, -0.25) is 9.59 Å². The van der Waals surface area contributed by atoms with E-state index in [4.69, 9.17) is 0 Å². The van der Waals surface area contributed by atoms with E-state index in [9.17, 15) is 9.59 Å². The lowest BCUT2D eigenvalue weighted by Crippen LogP contribution is -2.58. The molecule has 2 amide bonds. The fourth-order valence-corrected chi connectivity index (χ4v) is 1.66. The van der Waals surface area contributed by atoms with Gasteiger partial charge in [0.2, 0.25) is 11.8 Å². The van der Waals surface area contributed by atoms with E-state index >= 15 is 0 Å². The van der Waals surface area contributed by atoms with E-state index in [1.165, 1.54) is 0 Å². The smallest absolute Gasteiger partial charge is 0.243 e. The van der Waals surface area contributed by atoms with E-state index in [0.29, 0.717) is 0 Å². The molecule has 1 saturated heterocycles. The standard InChI is InChI=1S/C9H16N2O2/c1-3-6(4-2)8-9(13)10-5-7(12)11-8/h6,8H,3-5H2,1-2H3,(H,10,13)(H,11,12). The van der Waals surface area contributed by atoms with Crippen molar-refractivity contribution in [2.75, 3.05) is 6.54 Å². The van der Waals surface area contributed by atoms with Crippen molar-refractivity contribution in [3.63, 3.8) is 0 Å². The van der Waals surface area contributed by atoms with E-state index in [2.05, 4.69) is 10.6 Å². The number of rotatable bonds is 3. The van der Waals surface area contributed by atoms with E-state index in [-0.39, 0.29) is 30.3 Å². The van der Waals surface area contributed by atoms with Gasteiger partial charge in [-0.05, 0) is 5.92 Å². The van der Waals surface area contributed by atoms with Crippen LogP contribution in [-0.4, -0.2) is 24.4 Å². The first-order valence-electron chi connectivity index (χ1n) is 4.76. The Labute approximate surface area is 78.1 Å². The zero-order chi connectivity index (χ0) is 9.84. The molecular weight excluding hydrogens is 168 g/mol. The highest BCUT2D eigenvalue weighted by Crippen LogP contribution is 2.14. The van der Waals surface area contributed by atoms with Crippen molar-refractivity contribution in [3.8, 4) is 0 Å². The first-order chi connectivity index (χ1) is 6.19. The maximum absolute atomic E-state index is 11.4. The van der Waals surface area contributed by atoms with Crippen LogP contribution >= 0.6 is 0 Å². The van der Waals surface area contributed by atoms with Crippen molar-refractivity contribution in [2.45, 2.75) is 32.7 Å². The molecule has 4 heteroatoms. The number of carbonyl (C=O) groups is 2. The van der Waals surface area contributed by atoms with E-state index in [0.717, 1.165) is 12.8 Å². The zero-order valence-electron chi connectivity index (χ0n) is 8.09. The Kier molecular flexibility index (Phi) is 3.28. The summed E-state index contributed by atoms with van der Waals surface area (Å²) in [7, 11) is 0. The second-order valence-electron chi connectivity index (χ2n) is 3.34. The summed E-state index contributed by atoms with van der Waals surface area (Å²) >= 11 is 0. The van der Waals surface area contributed by atoms with Crippen molar-refractivity contribution in [3.05, 3.63) is 0 Å². The Morgan fingerprint density at radius 3 is 2.54 bits per heavy atom. The van der Waals surface area contributed by atoms with Gasteiger partial charge in [0.05, 0.1) is 6.54 Å². The summed E-state index contributed by atoms with van der Waals surface area (Å²) in [5.41, 5.74) is 0. The first-order valence-corrected chi connectivity index (χ1v) is 4.76. The number of nitrogens with one attached hydrogen (secondary N) is 2. The van der Waals surface area contributed by atoms with Gasteiger partial charge in [0.1, 0.15) is 6.04 Å². The van der Waals surface area contributed by atoms with Crippen LogP contribution in [0.15, 0.2) is 0 Å². The van der Waals surface area contributed by atoms with E-state index in [1.807, 2.05) is 13.8 Å². The first kappa shape index (κ1) is 10.0. The average molecular weight is 184 g/mol. The molecule has 1 aliphatic heterocycles. The second kappa shape index (κ2) is 4.25. The minimum Gasteiger partial charge on any atom is -0.345 e. The largest absolute Gasteiger partial charge is 0.345 e. The highest BCUT2D eigenvalue weighted by Gasteiger charge is 2.30. The van der Waals surface area contributed by atoms with Crippen LogP contribution in [0, 0.1) is 5.92 Å². The van der Waals surface area contributed by atoms with Crippen LogP contribution in [0.1, 0.15) is 26.7 Å². The average Bonchev–Trinajstić information content (AvgIpc) is 2.13. The lowest BCUT2D eigenvalue weighted by molar-refractivity contribution is -0.135. The highest BCUT2D eigenvalue weighted by atomic mass is 16.2. The van der Waals surface area contributed by atoms with Crippen molar-refractivity contribution < 1.29 is 9.59 Å². The molecule has 0 aromatic rings. The number of piperazine rings is 1. The van der Waals surface area contributed by atoms with Gasteiger partial charge in [0.25, 0.3) is 0 Å². The molecule has 2 N–H and O–H groups in total. The van der Waals surface area contributed by atoms with E-state index in [1.54, 1.807) is 0 Å². The lowest BCUT2D eigenvalue weighted by Gasteiger charge is -2.28. The Balaban J connectivity index is 2.63. The minimum atomic E-state index is -0.323. The molecule has 74 valence electrons. The number of carbonyl (C=O) groups excluding carboxylic acids is 2. The lowest BCUT2D eigenvalue weighted by atomic mass is 9.92. The molecule has 1 heterocycles. The Morgan fingerprint density at radius 2 is 2.00 bits per heavy atom. The number of amides is 2. The van der Waals surface area contributed by atoms with Crippen LogP contribution in [0.5, 0.6) is 0 Å². The van der Waals surface area contributed by atoms with Gasteiger partial charge in [-0.2, -0.15) is 0 Å². The molecule has 13 heavy (non-hydrogen) atoms. The molecule has 0 saturated carbocycles. The quantitative estimate of drug-likeness (QED) is 0.650. The predicted octanol–water partition coefficient (Wildman–Crippen LogP) is 0.0372. The molecule has 0 aromatic carbocycles. The van der Waals surface area contributed by atoms with Crippen LogP contribution in [0.4, 0.5) is 0 Å². The van der Waals surface area contributed by atoms with Gasteiger partial charge >= 0.3 is 0 Å². The molecule has 0 aromatic heterocycles. The van der Waals surface area contributed by atoms with Crippen molar-refractivity contribution in [2.24, 2.45) is 5.92 Å². The van der Waals surface area contributed by atoms with Gasteiger partial charge in [0.15, 0.2) is 0 Å². The maximum Gasteiger partial charge on any atom is 0.243 e. The molecule has 1 fully saturated rings. The van der Waals surface area contributed by atoms with Crippen molar-refractivity contribution in [1.29, 1.82) is 0 Å². The molecule has 0 spiro atoms. The SMILES string of the molecule is CCC(CC)C1NC(=O)CNC1=O. The third kappa shape index (κ3) is 2.20. The molecule has 0 aliphatic carbocycles. The molecule has 1 rings (SSSR count). The van der Waals surface area contributed by atoms with Gasteiger partial charge in [0, 0.05) is 0 Å². The summed E-state index contributed by atoms with van der Waals surface area (Å²) in [6, 6.07) is -0.323. The fraction of sp³-hybridized carbons (Fsp3) is 0.778. The Hall–Kier alpha value is -1.06. The monoisotopic (exact) mass is 184 g/mol. The predicted molar refractivity (Wildman–Crippen MR) is 49.0 cm³/mol. The van der Waals surface area contributed by atoms with E-state index < -0.39 is 0 Å².